The molecule has 0 bridgehead atoms. The third-order valence-electron chi connectivity index (χ3n) is 3.87. The van der Waals surface area contributed by atoms with Crippen molar-refractivity contribution in [2.24, 2.45) is 5.92 Å². The van der Waals surface area contributed by atoms with E-state index in [4.69, 9.17) is 0 Å². The van der Waals surface area contributed by atoms with E-state index in [0.29, 0.717) is 10.8 Å². The topological polar surface area (TPSA) is 58.2 Å². The zero-order valence-corrected chi connectivity index (χ0v) is 13.9. The van der Waals surface area contributed by atoms with Gasteiger partial charge in [-0.05, 0) is 43.4 Å². The molecule has 0 spiro atoms. The van der Waals surface area contributed by atoms with Crippen LogP contribution >= 0.6 is 0 Å². The van der Waals surface area contributed by atoms with E-state index >= 15 is 0 Å². The molecule has 118 valence electrons. The molecule has 21 heavy (non-hydrogen) atoms. The zero-order chi connectivity index (χ0) is 15.5. The average Bonchev–Trinajstić information content (AvgIpc) is 3.22. The van der Waals surface area contributed by atoms with Crippen LogP contribution in [0.1, 0.15) is 39.2 Å². The van der Waals surface area contributed by atoms with Gasteiger partial charge >= 0.3 is 0 Å². The first kappa shape index (κ1) is 16.5. The average molecular weight is 310 g/mol. The molecule has 2 rings (SSSR count). The molecule has 0 aliphatic heterocycles. The number of hydrogen-bond donors (Lipinski definition) is 2. The fraction of sp³-hybridized carbons (Fsp3) is 0.625. The molecular weight excluding hydrogens is 284 g/mol. The largest absolute Gasteiger partial charge is 0.314 e. The molecule has 1 saturated carbocycles. The molecule has 0 aromatic heterocycles. The molecule has 0 amide bonds. The lowest BCUT2D eigenvalue weighted by atomic mass is 9.96. The summed E-state index contributed by atoms with van der Waals surface area (Å²) in [5, 5.41) is 3.45. The van der Waals surface area contributed by atoms with Gasteiger partial charge < -0.3 is 5.32 Å². The summed E-state index contributed by atoms with van der Waals surface area (Å²) in [6, 6.07) is 7.76. The first-order chi connectivity index (χ1) is 9.94. The summed E-state index contributed by atoms with van der Waals surface area (Å²) in [5.41, 5.74) is 0.894. The maximum absolute atomic E-state index is 12.5. The van der Waals surface area contributed by atoms with Gasteiger partial charge in [0.2, 0.25) is 10.0 Å². The van der Waals surface area contributed by atoms with E-state index in [2.05, 4.69) is 30.8 Å². The Hall–Kier alpha value is -0.910. The van der Waals surface area contributed by atoms with Gasteiger partial charge in [0.25, 0.3) is 0 Å². The summed E-state index contributed by atoms with van der Waals surface area (Å²) in [6.07, 6.45) is 2.63. The van der Waals surface area contributed by atoms with Gasteiger partial charge in [0.15, 0.2) is 0 Å². The summed E-state index contributed by atoms with van der Waals surface area (Å²) in [4.78, 5) is 0.431. The van der Waals surface area contributed by atoms with Crippen molar-refractivity contribution in [3.05, 3.63) is 29.8 Å². The van der Waals surface area contributed by atoms with Gasteiger partial charge in [-0.2, -0.15) is 0 Å². The molecule has 5 heteroatoms. The van der Waals surface area contributed by atoms with E-state index in [1.165, 1.54) is 0 Å². The minimum atomic E-state index is -3.39. The minimum absolute atomic E-state index is 0.137. The van der Waals surface area contributed by atoms with Crippen molar-refractivity contribution in [3.63, 3.8) is 0 Å². The molecule has 0 heterocycles. The van der Waals surface area contributed by atoms with Gasteiger partial charge in [0, 0.05) is 12.1 Å². The summed E-state index contributed by atoms with van der Waals surface area (Å²) < 4.78 is 27.7. The first-order valence-corrected chi connectivity index (χ1v) is 9.26. The van der Waals surface area contributed by atoms with Crippen LogP contribution in [-0.4, -0.2) is 27.0 Å². The lowest BCUT2D eigenvalue weighted by Crippen LogP contribution is -2.36. The number of sulfonamides is 1. The molecule has 0 radical (unpaired) electrons. The Bertz CT molecular complexity index is 565. The van der Waals surface area contributed by atoms with Crippen molar-refractivity contribution in [1.29, 1.82) is 0 Å². The van der Waals surface area contributed by atoms with Gasteiger partial charge in [0.05, 0.1) is 4.90 Å². The SMILES string of the molecule is CCNC(Cc1ccccc1S(=O)(=O)NC1CC1)C(C)C. The van der Waals surface area contributed by atoms with Crippen LogP contribution in [0.25, 0.3) is 0 Å². The highest BCUT2D eigenvalue weighted by Gasteiger charge is 2.29. The molecule has 1 atom stereocenters. The normalized spacial score (nSPS) is 17.1. The fourth-order valence-corrected chi connectivity index (χ4v) is 4.02. The van der Waals surface area contributed by atoms with Crippen molar-refractivity contribution in [1.82, 2.24) is 10.0 Å². The molecule has 1 aromatic carbocycles. The van der Waals surface area contributed by atoms with Crippen LogP contribution in [0, 0.1) is 5.92 Å². The summed E-state index contributed by atoms with van der Waals surface area (Å²) in [7, 11) is -3.39. The van der Waals surface area contributed by atoms with E-state index in [1.807, 2.05) is 12.1 Å². The molecule has 2 N–H and O–H groups in total. The van der Waals surface area contributed by atoms with Gasteiger partial charge in [-0.25, -0.2) is 13.1 Å². The van der Waals surface area contributed by atoms with E-state index < -0.39 is 10.0 Å². The smallest absolute Gasteiger partial charge is 0.241 e. The maximum atomic E-state index is 12.5. The molecule has 4 nitrogen and oxygen atoms in total. The quantitative estimate of drug-likeness (QED) is 0.774. The highest BCUT2D eigenvalue weighted by Crippen LogP contribution is 2.24. The van der Waals surface area contributed by atoms with Crippen molar-refractivity contribution in [2.75, 3.05) is 6.54 Å². The molecular formula is C16H26N2O2S. The number of likely N-dealkylation sites (N-methyl/N-ethyl adjacent to an activating group) is 1. The van der Waals surface area contributed by atoms with Crippen molar-refractivity contribution in [3.8, 4) is 0 Å². The summed E-state index contributed by atoms with van der Waals surface area (Å²) in [5.74, 6) is 0.456. The van der Waals surface area contributed by atoms with E-state index in [-0.39, 0.29) is 12.1 Å². The van der Waals surface area contributed by atoms with Crippen LogP contribution in [0.15, 0.2) is 29.2 Å². The summed E-state index contributed by atoms with van der Waals surface area (Å²) >= 11 is 0. The van der Waals surface area contributed by atoms with Crippen LogP contribution in [0.4, 0.5) is 0 Å². The predicted molar refractivity (Wildman–Crippen MR) is 85.8 cm³/mol. The summed E-state index contributed by atoms with van der Waals surface area (Å²) in [6.45, 7) is 7.28. The third-order valence-corrected chi connectivity index (χ3v) is 5.49. The molecule has 0 saturated heterocycles. The van der Waals surface area contributed by atoms with Crippen molar-refractivity contribution >= 4 is 10.0 Å². The number of rotatable bonds is 8. The molecule has 1 fully saturated rings. The van der Waals surface area contributed by atoms with Gasteiger partial charge in [-0.15, -0.1) is 0 Å². The van der Waals surface area contributed by atoms with Crippen LogP contribution in [0.2, 0.25) is 0 Å². The third kappa shape index (κ3) is 4.53. The molecule has 1 aliphatic rings. The van der Waals surface area contributed by atoms with E-state index in [1.54, 1.807) is 12.1 Å². The minimum Gasteiger partial charge on any atom is -0.314 e. The predicted octanol–water partition coefficient (Wildman–Crippen LogP) is 2.30. The van der Waals surface area contributed by atoms with Crippen LogP contribution < -0.4 is 10.0 Å². The Morgan fingerprint density at radius 2 is 1.90 bits per heavy atom. The molecule has 1 aromatic rings. The van der Waals surface area contributed by atoms with Gasteiger partial charge in [0.1, 0.15) is 0 Å². The van der Waals surface area contributed by atoms with Gasteiger partial charge in [-0.3, -0.25) is 0 Å². The highest BCUT2D eigenvalue weighted by atomic mass is 32.2. The monoisotopic (exact) mass is 310 g/mol. The number of hydrogen-bond acceptors (Lipinski definition) is 3. The van der Waals surface area contributed by atoms with Crippen molar-refractivity contribution < 1.29 is 8.42 Å². The standard InChI is InChI=1S/C16H26N2O2S/c1-4-17-15(12(2)3)11-13-7-5-6-8-16(13)21(19,20)18-14-9-10-14/h5-8,12,14-15,17-18H,4,9-11H2,1-3H3. The Labute approximate surface area is 128 Å². The second-order valence-corrected chi connectivity index (χ2v) is 7.80. The second kappa shape index (κ2) is 6.90. The van der Waals surface area contributed by atoms with Crippen molar-refractivity contribution in [2.45, 2.75) is 57.0 Å². The number of nitrogens with one attached hydrogen (secondary N) is 2. The number of benzene rings is 1. The lowest BCUT2D eigenvalue weighted by Gasteiger charge is -2.23. The Morgan fingerprint density at radius 3 is 2.48 bits per heavy atom. The van der Waals surface area contributed by atoms with Crippen LogP contribution in [0.5, 0.6) is 0 Å². The Balaban J connectivity index is 2.23. The Kier molecular flexibility index (Phi) is 5.41. The van der Waals surface area contributed by atoms with E-state index in [9.17, 15) is 8.42 Å². The maximum Gasteiger partial charge on any atom is 0.241 e. The lowest BCUT2D eigenvalue weighted by molar-refractivity contribution is 0.403. The Morgan fingerprint density at radius 1 is 1.24 bits per heavy atom. The molecule has 1 unspecified atom stereocenters. The fourth-order valence-electron chi connectivity index (χ4n) is 2.46. The molecule has 1 aliphatic carbocycles. The van der Waals surface area contributed by atoms with Crippen LogP contribution in [-0.2, 0) is 16.4 Å². The van der Waals surface area contributed by atoms with E-state index in [0.717, 1.165) is 31.4 Å². The zero-order valence-electron chi connectivity index (χ0n) is 13.1. The second-order valence-electron chi connectivity index (χ2n) is 6.12. The van der Waals surface area contributed by atoms with Gasteiger partial charge in [-0.1, -0.05) is 39.0 Å². The highest BCUT2D eigenvalue weighted by molar-refractivity contribution is 7.89. The first-order valence-electron chi connectivity index (χ1n) is 7.77. The van der Waals surface area contributed by atoms with Crippen LogP contribution in [0.3, 0.4) is 0 Å².